The van der Waals surface area contributed by atoms with Gasteiger partial charge in [0.25, 0.3) is 0 Å². The second-order valence-electron chi connectivity index (χ2n) is 5.26. The first-order chi connectivity index (χ1) is 9.65. The van der Waals surface area contributed by atoms with Crippen LogP contribution in [0.3, 0.4) is 0 Å². The fourth-order valence-corrected chi connectivity index (χ4v) is 3.34. The van der Waals surface area contributed by atoms with Crippen molar-refractivity contribution in [2.24, 2.45) is 0 Å². The SMILES string of the molecule is CN(C)[C@H]1CN(c2nnc(-c3ccccc3)s2)C[C@@H]1O. The monoisotopic (exact) mass is 290 g/mol. The van der Waals surface area contributed by atoms with E-state index in [2.05, 4.69) is 20.0 Å². The minimum Gasteiger partial charge on any atom is -0.390 e. The van der Waals surface area contributed by atoms with Crippen LogP contribution in [-0.4, -0.2) is 59.5 Å². The lowest BCUT2D eigenvalue weighted by molar-refractivity contribution is 0.114. The predicted octanol–water partition coefficient (Wildman–Crippen LogP) is 1.32. The van der Waals surface area contributed by atoms with E-state index in [-0.39, 0.29) is 12.1 Å². The third-order valence-electron chi connectivity index (χ3n) is 3.63. The molecular weight excluding hydrogens is 272 g/mol. The van der Waals surface area contributed by atoms with E-state index >= 15 is 0 Å². The van der Waals surface area contributed by atoms with Crippen LogP contribution in [0, 0.1) is 0 Å². The molecule has 1 N–H and O–H groups in total. The zero-order chi connectivity index (χ0) is 14.1. The van der Waals surface area contributed by atoms with Crippen molar-refractivity contribution < 1.29 is 5.11 Å². The molecule has 0 saturated carbocycles. The summed E-state index contributed by atoms with van der Waals surface area (Å²) >= 11 is 1.57. The van der Waals surface area contributed by atoms with E-state index < -0.39 is 0 Å². The Morgan fingerprint density at radius 2 is 1.95 bits per heavy atom. The third-order valence-corrected chi connectivity index (χ3v) is 4.66. The molecule has 0 bridgehead atoms. The van der Waals surface area contributed by atoms with Crippen molar-refractivity contribution in [3.8, 4) is 10.6 Å². The Morgan fingerprint density at radius 1 is 1.20 bits per heavy atom. The van der Waals surface area contributed by atoms with Crippen LogP contribution in [0.5, 0.6) is 0 Å². The van der Waals surface area contributed by atoms with Gasteiger partial charge in [-0.05, 0) is 14.1 Å². The molecule has 0 unspecified atom stereocenters. The molecule has 0 aliphatic carbocycles. The normalized spacial score (nSPS) is 22.7. The van der Waals surface area contributed by atoms with Crippen molar-refractivity contribution in [3.05, 3.63) is 30.3 Å². The van der Waals surface area contributed by atoms with Gasteiger partial charge >= 0.3 is 0 Å². The first kappa shape index (κ1) is 13.5. The Bertz CT molecular complexity index is 572. The first-order valence-electron chi connectivity index (χ1n) is 6.63. The second-order valence-corrected chi connectivity index (χ2v) is 6.22. The maximum Gasteiger partial charge on any atom is 0.208 e. The molecule has 1 aromatic carbocycles. The van der Waals surface area contributed by atoms with E-state index in [1.54, 1.807) is 11.3 Å². The first-order valence-corrected chi connectivity index (χ1v) is 7.45. The Kier molecular flexibility index (Phi) is 3.69. The highest BCUT2D eigenvalue weighted by Crippen LogP contribution is 2.30. The van der Waals surface area contributed by atoms with Gasteiger partial charge in [-0.15, -0.1) is 10.2 Å². The number of benzene rings is 1. The quantitative estimate of drug-likeness (QED) is 0.924. The molecule has 6 heteroatoms. The van der Waals surface area contributed by atoms with Gasteiger partial charge in [0.15, 0.2) is 0 Å². The summed E-state index contributed by atoms with van der Waals surface area (Å²) in [4.78, 5) is 4.17. The highest BCUT2D eigenvalue weighted by atomic mass is 32.1. The van der Waals surface area contributed by atoms with Gasteiger partial charge in [0.1, 0.15) is 5.01 Å². The molecule has 1 saturated heterocycles. The standard InChI is InChI=1S/C14H18N4OS/c1-17(2)11-8-18(9-12(11)19)14-16-15-13(20-14)10-6-4-3-5-7-10/h3-7,11-12,19H,8-9H2,1-2H3/t11-,12-/m0/s1. The molecule has 106 valence electrons. The summed E-state index contributed by atoms with van der Waals surface area (Å²) in [7, 11) is 3.99. The van der Waals surface area contributed by atoms with Crippen LogP contribution in [0.1, 0.15) is 0 Å². The zero-order valence-corrected chi connectivity index (χ0v) is 12.4. The van der Waals surface area contributed by atoms with E-state index in [1.807, 2.05) is 44.4 Å². The number of nitrogens with zero attached hydrogens (tertiary/aromatic N) is 4. The molecule has 20 heavy (non-hydrogen) atoms. The molecule has 1 aromatic heterocycles. The summed E-state index contributed by atoms with van der Waals surface area (Å²) in [6.07, 6.45) is -0.339. The number of aliphatic hydroxyl groups excluding tert-OH is 1. The van der Waals surface area contributed by atoms with Gasteiger partial charge in [-0.3, -0.25) is 0 Å². The van der Waals surface area contributed by atoms with E-state index in [1.165, 1.54) is 0 Å². The van der Waals surface area contributed by atoms with Crippen LogP contribution in [0.25, 0.3) is 10.6 Å². The fraction of sp³-hybridized carbons (Fsp3) is 0.429. The number of β-amino-alcohol motifs (C(OH)–C–C–N with tert-alkyl or cyclic N) is 1. The summed E-state index contributed by atoms with van der Waals surface area (Å²) in [5.41, 5.74) is 1.08. The van der Waals surface area contributed by atoms with Gasteiger partial charge < -0.3 is 14.9 Å². The predicted molar refractivity (Wildman–Crippen MR) is 81.0 cm³/mol. The van der Waals surface area contributed by atoms with Crippen molar-refractivity contribution in [3.63, 3.8) is 0 Å². The van der Waals surface area contributed by atoms with E-state index in [4.69, 9.17) is 0 Å². The smallest absolute Gasteiger partial charge is 0.208 e. The topological polar surface area (TPSA) is 52.5 Å². The van der Waals surface area contributed by atoms with Crippen LogP contribution < -0.4 is 4.90 Å². The average molecular weight is 290 g/mol. The van der Waals surface area contributed by atoms with Gasteiger partial charge in [-0.25, -0.2) is 0 Å². The summed E-state index contributed by atoms with van der Waals surface area (Å²) in [6, 6.07) is 10.2. The number of aromatic nitrogens is 2. The molecule has 5 nitrogen and oxygen atoms in total. The largest absolute Gasteiger partial charge is 0.390 e. The van der Waals surface area contributed by atoms with E-state index in [0.29, 0.717) is 6.54 Å². The van der Waals surface area contributed by atoms with Gasteiger partial charge in [0.2, 0.25) is 5.13 Å². The van der Waals surface area contributed by atoms with Crippen molar-refractivity contribution in [2.75, 3.05) is 32.1 Å². The fourth-order valence-electron chi connectivity index (χ4n) is 2.47. The minimum atomic E-state index is -0.339. The van der Waals surface area contributed by atoms with Crippen LogP contribution in [0.2, 0.25) is 0 Å². The minimum absolute atomic E-state index is 0.152. The molecule has 1 aliphatic heterocycles. The van der Waals surface area contributed by atoms with E-state index in [0.717, 1.165) is 22.2 Å². The Hall–Kier alpha value is -1.50. The summed E-state index contributed by atoms with van der Waals surface area (Å²) < 4.78 is 0. The van der Waals surface area contributed by atoms with Gasteiger partial charge in [0.05, 0.1) is 12.1 Å². The zero-order valence-electron chi connectivity index (χ0n) is 11.6. The summed E-state index contributed by atoms with van der Waals surface area (Å²) in [6.45, 7) is 1.41. The lowest BCUT2D eigenvalue weighted by Crippen LogP contribution is -2.37. The summed E-state index contributed by atoms with van der Waals surface area (Å²) in [5.74, 6) is 0. The molecule has 1 fully saturated rings. The van der Waals surface area contributed by atoms with Crippen LogP contribution in [0.4, 0.5) is 5.13 Å². The van der Waals surface area contributed by atoms with Crippen molar-refractivity contribution in [2.45, 2.75) is 12.1 Å². The number of aliphatic hydroxyl groups is 1. The van der Waals surface area contributed by atoms with Gasteiger partial charge in [-0.1, -0.05) is 41.7 Å². The van der Waals surface area contributed by atoms with Crippen LogP contribution >= 0.6 is 11.3 Å². The maximum absolute atomic E-state index is 10.1. The molecule has 2 aromatic rings. The highest BCUT2D eigenvalue weighted by molar-refractivity contribution is 7.18. The Morgan fingerprint density at radius 3 is 2.60 bits per heavy atom. The molecular formula is C14H18N4OS. The second kappa shape index (κ2) is 5.47. The molecule has 3 rings (SSSR count). The molecule has 2 atom stereocenters. The van der Waals surface area contributed by atoms with Gasteiger partial charge in [0, 0.05) is 18.7 Å². The molecule has 0 spiro atoms. The molecule has 2 heterocycles. The number of rotatable bonds is 3. The number of likely N-dealkylation sites (N-methyl/N-ethyl adjacent to an activating group) is 1. The van der Waals surface area contributed by atoms with Crippen LogP contribution in [0.15, 0.2) is 30.3 Å². The molecule has 0 radical (unpaired) electrons. The van der Waals surface area contributed by atoms with Crippen molar-refractivity contribution >= 4 is 16.5 Å². The number of hydrogen-bond donors (Lipinski definition) is 1. The summed E-state index contributed by atoms with van der Waals surface area (Å²) in [5, 5.41) is 20.4. The number of anilines is 1. The van der Waals surface area contributed by atoms with Crippen molar-refractivity contribution in [1.29, 1.82) is 0 Å². The lowest BCUT2D eigenvalue weighted by Gasteiger charge is -2.21. The van der Waals surface area contributed by atoms with Crippen LogP contribution in [-0.2, 0) is 0 Å². The molecule has 1 aliphatic rings. The highest BCUT2D eigenvalue weighted by Gasteiger charge is 2.34. The van der Waals surface area contributed by atoms with E-state index in [9.17, 15) is 5.11 Å². The molecule has 0 amide bonds. The number of hydrogen-bond acceptors (Lipinski definition) is 6. The lowest BCUT2D eigenvalue weighted by atomic mass is 10.2. The Balaban J connectivity index is 1.78. The average Bonchev–Trinajstić information content (AvgIpc) is 3.06. The maximum atomic E-state index is 10.1. The Labute approximate surface area is 122 Å². The van der Waals surface area contributed by atoms with Crippen molar-refractivity contribution in [1.82, 2.24) is 15.1 Å². The third kappa shape index (κ3) is 2.54. The van der Waals surface area contributed by atoms with Gasteiger partial charge in [-0.2, -0.15) is 0 Å².